The molecule has 24 heavy (non-hydrogen) atoms. The molecule has 0 N–H and O–H groups in total. The molecule has 0 spiro atoms. The van der Waals surface area contributed by atoms with Crippen molar-refractivity contribution in [1.82, 2.24) is 0 Å². The fourth-order valence-electron chi connectivity index (χ4n) is 2.25. The highest BCUT2D eigenvalue weighted by Gasteiger charge is 2.08. The largest absolute Gasteiger partial charge is 0.150 e. The van der Waals surface area contributed by atoms with E-state index in [1.807, 2.05) is 66.7 Å². The van der Waals surface area contributed by atoms with Crippen LogP contribution in [-0.4, -0.2) is 0 Å². The van der Waals surface area contributed by atoms with Crippen LogP contribution in [0.25, 0.3) is 21.6 Å². The van der Waals surface area contributed by atoms with E-state index in [1.54, 1.807) is 6.07 Å². The molecule has 0 aliphatic heterocycles. The monoisotopic (exact) mass is 377 g/mol. The van der Waals surface area contributed by atoms with Crippen LogP contribution in [0.15, 0.2) is 92.6 Å². The molecule has 0 unspecified atom stereocenters. The number of hydrogen-bond donors (Lipinski definition) is 0. The molecule has 0 aliphatic carbocycles. The zero-order chi connectivity index (χ0) is 16.8. The molecule has 3 rings (SSSR count). The van der Waals surface area contributed by atoms with E-state index in [0.29, 0.717) is 17.1 Å². The zero-order valence-electron chi connectivity index (χ0n) is 12.5. The van der Waals surface area contributed by atoms with Crippen LogP contribution in [0, 0.1) is 0 Å². The van der Waals surface area contributed by atoms with Crippen molar-refractivity contribution in [3.05, 3.63) is 87.7 Å². The Kier molecular flexibility index (Phi) is 5.01. The maximum Gasteiger partial charge on any atom is 0.0998 e. The molecule has 0 atom stereocenters. The van der Waals surface area contributed by atoms with Gasteiger partial charge >= 0.3 is 0 Å². The minimum absolute atomic E-state index is 0.460. The molecule has 3 aromatic carbocycles. The minimum atomic E-state index is 0.460. The molecule has 6 heteroatoms. The predicted molar refractivity (Wildman–Crippen MR) is 99.0 cm³/mol. The van der Waals surface area contributed by atoms with Crippen molar-refractivity contribution in [2.75, 3.05) is 0 Å². The van der Waals surface area contributed by atoms with Gasteiger partial charge in [-0.05, 0) is 50.8 Å². The number of nitrogens with zero attached hydrogens (tertiary/aromatic N) is 5. The molecule has 5 nitrogen and oxygen atoms in total. The summed E-state index contributed by atoms with van der Waals surface area (Å²) in [6, 6.07) is 22.8. The van der Waals surface area contributed by atoms with Crippen LogP contribution < -0.4 is 0 Å². The topological polar surface area (TPSA) is 73.5 Å². The van der Waals surface area contributed by atoms with Gasteiger partial charge in [-0.25, -0.2) is 0 Å². The van der Waals surface area contributed by atoms with Gasteiger partial charge in [0, 0.05) is 9.38 Å². The zero-order valence-corrected chi connectivity index (χ0v) is 14.1. The summed E-state index contributed by atoms with van der Waals surface area (Å²) in [4.78, 5) is 2.94. The molecule has 3 aromatic rings. The van der Waals surface area contributed by atoms with Gasteiger partial charge in [0.05, 0.1) is 17.1 Å². The Morgan fingerprint density at radius 3 is 2.17 bits per heavy atom. The van der Waals surface area contributed by atoms with Crippen LogP contribution in [0.2, 0.25) is 0 Å². The summed E-state index contributed by atoms with van der Waals surface area (Å²) < 4.78 is 0.846. The SMILES string of the molecule is [N-]=[N+]=Nc1c(N=Nc2ccccc2Br)cccc1-c1ccccc1. The quantitative estimate of drug-likeness (QED) is 0.257. The molecule has 0 heterocycles. The van der Waals surface area contributed by atoms with Crippen LogP contribution in [0.4, 0.5) is 17.1 Å². The number of azo groups is 1. The molecule has 0 aromatic heterocycles. The first kappa shape index (κ1) is 15.9. The van der Waals surface area contributed by atoms with Crippen LogP contribution in [-0.2, 0) is 0 Å². The second-order valence-corrected chi connectivity index (χ2v) is 5.73. The fraction of sp³-hybridized carbons (Fsp3) is 0. The lowest BCUT2D eigenvalue weighted by atomic mass is 10.0. The summed E-state index contributed by atoms with van der Waals surface area (Å²) in [5.41, 5.74) is 12.4. The molecule has 0 radical (unpaired) electrons. The van der Waals surface area contributed by atoms with Crippen LogP contribution in [0.5, 0.6) is 0 Å². The van der Waals surface area contributed by atoms with Gasteiger partial charge in [0.2, 0.25) is 0 Å². The summed E-state index contributed by atoms with van der Waals surface area (Å²) in [7, 11) is 0. The van der Waals surface area contributed by atoms with Crippen molar-refractivity contribution in [2.24, 2.45) is 15.3 Å². The molecular weight excluding hydrogens is 366 g/mol. The van der Waals surface area contributed by atoms with Gasteiger partial charge in [-0.3, -0.25) is 0 Å². The summed E-state index contributed by atoms with van der Waals surface area (Å²) in [6.45, 7) is 0. The highest BCUT2D eigenvalue weighted by atomic mass is 79.9. The van der Waals surface area contributed by atoms with Gasteiger partial charge in [-0.15, -0.1) is 5.11 Å². The van der Waals surface area contributed by atoms with E-state index in [1.165, 1.54) is 0 Å². The van der Waals surface area contributed by atoms with E-state index in [0.717, 1.165) is 15.6 Å². The van der Waals surface area contributed by atoms with E-state index >= 15 is 0 Å². The van der Waals surface area contributed by atoms with Gasteiger partial charge in [0.25, 0.3) is 0 Å². The lowest BCUT2D eigenvalue weighted by Crippen LogP contribution is -1.79. The summed E-state index contributed by atoms with van der Waals surface area (Å²) in [5.74, 6) is 0. The maximum absolute atomic E-state index is 8.92. The Morgan fingerprint density at radius 2 is 1.42 bits per heavy atom. The predicted octanol–water partition coefficient (Wildman–Crippen LogP) is 7.47. The summed E-state index contributed by atoms with van der Waals surface area (Å²) >= 11 is 3.43. The van der Waals surface area contributed by atoms with Gasteiger partial charge in [0.1, 0.15) is 0 Å². The van der Waals surface area contributed by atoms with Gasteiger partial charge in [-0.1, -0.05) is 59.7 Å². The van der Waals surface area contributed by atoms with Crippen molar-refractivity contribution < 1.29 is 0 Å². The molecule has 0 amide bonds. The Bertz CT molecular complexity index is 931. The van der Waals surface area contributed by atoms with Crippen LogP contribution >= 0.6 is 15.9 Å². The van der Waals surface area contributed by atoms with E-state index in [4.69, 9.17) is 5.53 Å². The molecule has 0 aliphatic rings. The molecule has 0 saturated carbocycles. The Labute approximate surface area is 147 Å². The Hall–Kier alpha value is -2.95. The number of halogens is 1. The van der Waals surface area contributed by atoms with Crippen molar-refractivity contribution in [3.8, 4) is 11.1 Å². The minimum Gasteiger partial charge on any atom is -0.150 e. The summed E-state index contributed by atoms with van der Waals surface area (Å²) in [6.07, 6.45) is 0. The average Bonchev–Trinajstić information content (AvgIpc) is 2.63. The molecule has 0 saturated heterocycles. The number of hydrogen-bond acceptors (Lipinski definition) is 3. The molecular formula is C18H12BrN5. The van der Waals surface area contributed by atoms with E-state index in [9.17, 15) is 0 Å². The average molecular weight is 378 g/mol. The normalized spacial score (nSPS) is 10.5. The summed E-state index contributed by atoms with van der Waals surface area (Å²) in [5, 5.41) is 12.4. The van der Waals surface area contributed by atoms with E-state index in [-0.39, 0.29) is 0 Å². The molecule has 0 bridgehead atoms. The number of rotatable bonds is 4. The first-order valence-electron chi connectivity index (χ1n) is 7.19. The molecule has 116 valence electrons. The third-order valence-corrected chi connectivity index (χ3v) is 4.03. The van der Waals surface area contributed by atoms with Gasteiger partial charge < -0.3 is 0 Å². The van der Waals surface area contributed by atoms with Gasteiger partial charge in [0.15, 0.2) is 0 Å². The van der Waals surface area contributed by atoms with E-state index < -0.39 is 0 Å². The smallest absolute Gasteiger partial charge is 0.0998 e. The first-order chi connectivity index (χ1) is 11.8. The maximum atomic E-state index is 8.92. The van der Waals surface area contributed by atoms with E-state index in [2.05, 4.69) is 36.2 Å². The van der Waals surface area contributed by atoms with Crippen molar-refractivity contribution in [1.29, 1.82) is 0 Å². The third kappa shape index (κ3) is 3.51. The van der Waals surface area contributed by atoms with Crippen LogP contribution in [0.3, 0.4) is 0 Å². The number of benzene rings is 3. The van der Waals surface area contributed by atoms with Crippen LogP contribution in [0.1, 0.15) is 0 Å². The molecule has 0 fully saturated rings. The van der Waals surface area contributed by atoms with Crippen molar-refractivity contribution >= 4 is 33.0 Å². The lowest BCUT2D eigenvalue weighted by Gasteiger charge is -2.07. The second kappa shape index (κ2) is 7.55. The fourth-order valence-corrected chi connectivity index (χ4v) is 2.62. The lowest BCUT2D eigenvalue weighted by molar-refractivity contribution is 1.22. The van der Waals surface area contributed by atoms with Crippen molar-refractivity contribution in [3.63, 3.8) is 0 Å². The highest BCUT2D eigenvalue weighted by molar-refractivity contribution is 9.10. The van der Waals surface area contributed by atoms with Crippen molar-refractivity contribution in [2.45, 2.75) is 0 Å². The second-order valence-electron chi connectivity index (χ2n) is 4.88. The number of azide groups is 1. The van der Waals surface area contributed by atoms with Gasteiger partial charge in [-0.2, -0.15) is 5.11 Å². The standard InChI is InChI=1S/C18H12BrN5/c19-15-10-4-5-11-16(15)21-22-17-12-6-9-14(18(17)23-24-20)13-7-2-1-3-8-13/h1-12H. The third-order valence-electron chi connectivity index (χ3n) is 3.36. The Morgan fingerprint density at radius 1 is 0.750 bits per heavy atom. The highest BCUT2D eigenvalue weighted by Crippen LogP contribution is 2.39. The first-order valence-corrected chi connectivity index (χ1v) is 7.98. The Balaban J connectivity index is 2.09.